The van der Waals surface area contributed by atoms with Gasteiger partial charge in [-0.2, -0.15) is 5.10 Å². The molecule has 0 aliphatic heterocycles. The molecule has 3 aromatic rings. The second-order valence-corrected chi connectivity index (χ2v) is 7.19. The fourth-order valence-corrected chi connectivity index (χ4v) is 2.88. The Bertz CT molecular complexity index is 1110. The lowest BCUT2D eigenvalue weighted by Crippen LogP contribution is -2.24. The van der Waals surface area contributed by atoms with Crippen molar-refractivity contribution < 1.29 is 19.1 Å². The molecule has 0 aliphatic rings. The quantitative estimate of drug-likeness (QED) is 0.233. The number of hydrogen-bond acceptors (Lipinski definition) is 5. The number of hydrazone groups is 1. The van der Waals surface area contributed by atoms with Gasteiger partial charge >= 0.3 is 5.97 Å². The molecule has 0 saturated heterocycles. The number of nitrogens with one attached hydrogen (secondary N) is 1. The lowest BCUT2D eigenvalue weighted by atomic mass is 10.1. The molecule has 0 aliphatic carbocycles. The molecule has 0 radical (unpaired) electrons. The highest BCUT2D eigenvalue weighted by Crippen LogP contribution is 2.31. The summed E-state index contributed by atoms with van der Waals surface area (Å²) in [7, 11) is 0. The molecule has 0 heterocycles. The van der Waals surface area contributed by atoms with Crippen molar-refractivity contribution in [2.45, 2.75) is 6.92 Å². The number of ether oxygens (including phenoxy) is 2. The highest BCUT2D eigenvalue weighted by atomic mass is 35.5. The van der Waals surface area contributed by atoms with Gasteiger partial charge in [-0.3, -0.25) is 4.79 Å². The predicted molar refractivity (Wildman–Crippen MR) is 120 cm³/mol. The summed E-state index contributed by atoms with van der Waals surface area (Å²) in [6.07, 6.45) is 1.46. The van der Waals surface area contributed by atoms with Crippen molar-refractivity contribution in [3.05, 3.63) is 93.5 Å². The van der Waals surface area contributed by atoms with Crippen molar-refractivity contribution in [1.29, 1.82) is 0 Å². The SMILES string of the molecule is Cc1ccccc1C(=O)Oc1ccc(/C=N\NC(=O)COc2cccc(Cl)c2Cl)cc1. The van der Waals surface area contributed by atoms with Crippen LogP contribution in [0.2, 0.25) is 10.0 Å². The van der Waals surface area contributed by atoms with E-state index in [1.807, 2.05) is 19.1 Å². The molecule has 0 fully saturated rings. The molecule has 0 saturated carbocycles. The first-order valence-electron chi connectivity index (χ1n) is 9.20. The lowest BCUT2D eigenvalue weighted by molar-refractivity contribution is -0.123. The van der Waals surface area contributed by atoms with Gasteiger partial charge in [0.05, 0.1) is 16.8 Å². The molecule has 6 nitrogen and oxygen atoms in total. The Morgan fingerprint density at radius 3 is 2.48 bits per heavy atom. The first-order valence-corrected chi connectivity index (χ1v) is 9.96. The summed E-state index contributed by atoms with van der Waals surface area (Å²) in [6, 6.07) is 18.8. The maximum atomic E-state index is 12.2. The van der Waals surface area contributed by atoms with Crippen molar-refractivity contribution >= 4 is 41.3 Å². The number of amides is 1. The molecule has 1 amide bonds. The van der Waals surface area contributed by atoms with Crippen LogP contribution in [-0.4, -0.2) is 24.7 Å². The summed E-state index contributed by atoms with van der Waals surface area (Å²) in [6.45, 7) is 1.57. The van der Waals surface area contributed by atoms with Crippen LogP contribution in [0.15, 0.2) is 71.8 Å². The minimum Gasteiger partial charge on any atom is -0.482 e. The van der Waals surface area contributed by atoms with E-state index in [0.717, 1.165) is 5.56 Å². The van der Waals surface area contributed by atoms with Crippen molar-refractivity contribution in [2.24, 2.45) is 5.10 Å². The van der Waals surface area contributed by atoms with Gasteiger partial charge in [0.2, 0.25) is 0 Å². The van der Waals surface area contributed by atoms with E-state index in [0.29, 0.717) is 27.6 Å². The van der Waals surface area contributed by atoms with Gasteiger partial charge in [-0.25, -0.2) is 10.2 Å². The number of nitrogens with zero attached hydrogens (tertiary/aromatic N) is 1. The van der Waals surface area contributed by atoms with Crippen LogP contribution in [0.25, 0.3) is 0 Å². The van der Waals surface area contributed by atoms with E-state index in [1.165, 1.54) is 6.21 Å². The van der Waals surface area contributed by atoms with Crippen LogP contribution in [-0.2, 0) is 4.79 Å². The number of carbonyl (C=O) groups is 2. The average molecular weight is 457 g/mol. The van der Waals surface area contributed by atoms with Gasteiger partial charge in [-0.1, -0.05) is 47.5 Å². The molecule has 0 unspecified atom stereocenters. The van der Waals surface area contributed by atoms with Crippen LogP contribution in [0, 0.1) is 6.92 Å². The van der Waals surface area contributed by atoms with Crippen LogP contribution in [0.5, 0.6) is 11.5 Å². The zero-order valence-corrected chi connectivity index (χ0v) is 18.0. The van der Waals surface area contributed by atoms with Gasteiger partial charge in [0.25, 0.3) is 5.91 Å². The zero-order valence-electron chi connectivity index (χ0n) is 16.5. The standard InChI is InChI=1S/C23H18Cl2N2O4/c1-15-5-2-3-6-18(15)23(29)31-17-11-9-16(10-12-17)13-26-27-21(28)14-30-20-8-4-7-19(24)22(20)25/h2-13H,14H2,1H3,(H,27,28)/b26-13-. The summed E-state index contributed by atoms with van der Waals surface area (Å²) >= 11 is 11.9. The third-order valence-electron chi connectivity index (χ3n) is 4.13. The number of aryl methyl sites for hydroxylation is 1. The number of hydrogen-bond donors (Lipinski definition) is 1. The Balaban J connectivity index is 1.49. The number of carbonyl (C=O) groups excluding carboxylic acids is 2. The van der Waals surface area contributed by atoms with Crippen LogP contribution >= 0.6 is 23.2 Å². The van der Waals surface area contributed by atoms with Crippen molar-refractivity contribution in [1.82, 2.24) is 5.43 Å². The van der Waals surface area contributed by atoms with E-state index in [9.17, 15) is 9.59 Å². The molecule has 1 N–H and O–H groups in total. The number of halogens is 2. The van der Waals surface area contributed by atoms with E-state index in [1.54, 1.807) is 54.6 Å². The highest BCUT2D eigenvalue weighted by Gasteiger charge is 2.11. The van der Waals surface area contributed by atoms with Crippen molar-refractivity contribution in [2.75, 3.05) is 6.61 Å². The van der Waals surface area contributed by atoms with Gasteiger partial charge in [-0.05, 0) is 60.5 Å². The van der Waals surface area contributed by atoms with E-state index in [2.05, 4.69) is 10.5 Å². The molecule has 0 aromatic heterocycles. The minimum atomic E-state index is -0.462. The van der Waals surface area contributed by atoms with Gasteiger partial charge in [0, 0.05) is 0 Å². The first kappa shape index (κ1) is 22.3. The van der Waals surface area contributed by atoms with E-state index >= 15 is 0 Å². The smallest absolute Gasteiger partial charge is 0.343 e. The molecular formula is C23H18Cl2N2O4. The van der Waals surface area contributed by atoms with E-state index in [4.69, 9.17) is 32.7 Å². The molecular weight excluding hydrogens is 439 g/mol. The Kier molecular flexibility index (Phi) is 7.65. The normalized spacial score (nSPS) is 10.7. The Morgan fingerprint density at radius 1 is 1.00 bits per heavy atom. The minimum absolute atomic E-state index is 0.240. The maximum absolute atomic E-state index is 12.2. The van der Waals surface area contributed by atoms with Crippen LogP contribution < -0.4 is 14.9 Å². The molecule has 158 valence electrons. The predicted octanol–water partition coefficient (Wildman–Crippen LogP) is 5.05. The Labute approximate surface area is 189 Å². The summed E-state index contributed by atoms with van der Waals surface area (Å²) in [5.41, 5.74) is 4.41. The topological polar surface area (TPSA) is 77.0 Å². The molecule has 31 heavy (non-hydrogen) atoms. The van der Waals surface area contributed by atoms with Crippen LogP contribution in [0.4, 0.5) is 0 Å². The number of rotatable bonds is 7. The molecule has 0 atom stereocenters. The van der Waals surface area contributed by atoms with Gasteiger partial charge in [0.15, 0.2) is 6.61 Å². The van der Waals surface area contributed by atoms with Crippen molar-refractivity contribution in [3.63, 3.8) is 0 Å². The summed E-state index contributed by atoms with van der Waals surface area (Å²) < 4.78 is 10.7. The zero-order chi connectivity index (χ0) is 22.2. The Morgan fingerprint density at radius 2 is 1.74 bits per heavy atom. The third kappa shape index (κ3) is 6.31. The van der Waals surface area contributed by atoms with Gasteiger partial charge in [-0.15, -0.1) is 0 Å². The van der Waals surface area contributed by atoms with E-state index in [-0.39, 0.29) is 11.6 Å². The summed E-state index contributed by atoms with van der Waals surface area (Å²) in [4.78, 5) is 24.1. The summed E-state index contributed by atoms with van der Waals surface area (Å²) in [5.74, 6) is -0.173. The van der Waals surface area contributed by atoms with Gasteiger partial charge < -0.3 is 9.47 Å². The fraction of sp³-hybridized carbons (Fsp3) is 0.0870. The van der Waals surface area contributed by atoms with Gasteiger partial charge in [0.1, 0.15) is 16.5 Å². The largest absolute Gasteiger partial charge is 0.482 e. The monoisotopic (exact) mass is 456 g/mol. The van der Waals surface area contributed by atoms with E-state index < -0.39 is 11.9 Å². The van der Waals surface area contributed by atoms with Crippen molar-refractivity contribution in [3.8, 4) is 11.5 Å². The van der Waals surface area contributed by atoms with Crippen LogP contribution in [0.1, 0.15) is 21.5 Å². The highest BCUT2D eigenvalue weighted by molar-refractivity contribution is 6.42. The van der Waals surface area contributed by atoms with Crippen LogP contribution in [0.3, 0.4) is 0 Å². The number of benzene rings is 3. The molecule has 0 spiro atoms. The fourth-order valence-electron chi connectivity index (χ4n) is 2.54. The second kappa shape index (κ2) is 10.6. The first-order chi connectivity index (χ1) is 14.9. The lowest BCUT2D eigenvalue weighted by Gasteiger charge is -2.07. The Hall–Kier alpha value is -3.35. The summed E-state index contributed by atoms with van der Waals surface area (Å²) in [5, 5.41) is 4.45. The number of esters is 1. The third-order valence-corrected chi connectivity index (χ3v) is 4.93. The second-order valence-electron chi connectivity index (χ2n) is 6.41. The molecule has 0 bridgehead atoms. The average Bonchev–Trinajstić information content (AvgIpc) is 2.76. The molecule has 3 rings (SSSR count). The molecule has 3 aromatic carbocycles. The molecule has 8 heteroatoms. The maximum Gasteiger partial charge on any atom is 0.343 e.